The van der Waals surface area contributed by atoms with Gasteiger partial charge in [0.15, 0.2) is 0 Å². The Morgan fingerprint density at radius 3 is 2.57 bits per heavy atom. The first kappa shape index (κ1) is 20.7. The fourth-order valence-corrected chi connectivity index (χ4v) is 4.70. The van der Waals surface area contributed by atoms with Gasteiger partial charge in [-0.3, -0.25) is 4.79 Å². The largest absolute Gasteiger partial charge is 0.488 e. The van der Waals surface area contributed by atoms with E-state index in [4.69, 9.17) is 9.47 Å². The van der Waals surface area contributed by atoms with Crippen molar-refractivity contribution in [3.05, 3.63) is 70.3 Å². The molecule has 4 nitrogen and oxygen atoms in total. The highest BCUT2D eigenvalue weighted by Gasteiger charge is 2.32. The maximum absolute atomic E-state index is 12.1. The van der Waals surface area contributed by atoms with E-state index in [9.17, 15) is 4.79 Å². The second-order valence-corrected chi connectivity index (χ2v) is 9.08. The molecule has 0 bridgehead atoms. The summed E-state index contributed by atoms with van der Waals surface area (Å²) >= 11 is 0. The van der Waals surface area contributed by atoms with Gasteiger partial charge in [-0.25, -0.2) is 0 Å². The van der Waals surface area contributed by atoms with Crippen molar-refractivity contribution in [3.63, 3.8) is 0 Å². The lowest BCUT2D eigenvalue weighted by molar-refractivity contribution is -0.151. The smallest absolute Gasteiger partial charge is 0.312 e. The van der Waals surface area contributed by atoms with Gasteiger partial charge in [0.05, 0.1) is 12.5 Å². The Hall–Kier alpha value is -2.59. The number of ether oxygens (including phenoxy) is 2. The monoisotopic (exact) mass is 405 g/mol. The van der Waals surface area contributed by atoms with Crippen LogP contribution in [0.3, 0.4) is 0 Å². The zero-order valence-corrected chi connectivity index (χ0v) is 18.5. The molecule has 2 aromatic rings. The molecular weight excluding hydrogens is 374 g/mol. The van der Waals surface area contributed by atoms with Crippen LogP contribution in [0.5, 0.6) is 5.75 Å². The summed E-state index contributed by atoms with van der Waals surface area (Å²) in [6.45, 7) is 9.27. The van der Waals surface area contributed by atoms with Gasteiger partial charge in [-0.05, 0) is 56.4 Å². The van der Waals surface area contributed by atoms with Crippen LogP contribution in [-0.2, 0) is 16.1 Å². The number of esters is 1. The number of fused-ring (bicyclic) bond motifs is 2. The summed E-state index contributed by atoms with van der Waals surface area (Å²) in [4.78, 5) is 14.5. The molecule has 30 heavy (non-hydrogen) atoms. The summed E-state index contributed by atoms with van der Waals surface area (Å²) in [5.41, 5.74) is 7.32. The molecule has 2 aromatic carbocycles. The van der Waals surface area contributed by atoms with Gasteiger partial charge in [0.2, 0.25) is 0 Å². The van der Waals surface area contributed by atoms with Crippen molar-refractivity contribution in [3.8, 4) is 5.75 Å². The van der Waals surface area contributed by atoms with Crippen LogP contribution in [0.25, 0.3) is 5.57 Å². The topological polar surface area (TPSA) is 38.8 Å². The summed E-state index contributed by atoms with van der Waals surface area (Å²) < 4.78 is 11.2. The van der Waals surface area contributed by atoms with Crippen molar-refractivity contribution in [2.24, 2.45) is 5.41 Å². The molecule has 1 saturated heterocycles. The summed E-state index contributed by atoms with van der Waals surface area (Å²) in [6, 6.07) is 15.1. The van der Waals surface area contributed by atoms with Crippen LogP contribution >= 0.6 is 0 Å². The first-order chi connectivity index (χ1) is 14.4. The maximum atomic E-state index is 12.1. The minimum atomic E-state index is -0.494. The van der Waals surface area contributed by atoms with Crippen LogP contribution in [0.15, 0.2) is 48.0 Å². The third-order valence-corrected chi connectivity index (χ3v) is 6.24. The Kier molecular flexibility index (Phi) is 5.70. The molecule has 0 amide bonds. The van der Waals surface area contributed by atoms with E-state index in [-0.39, 0.29) is 5.97 Å². The van der Waals surface area contributed by atoms with Gasteiger partial charge in [-0.2, -0.15) is 0 Å². The predicted molar refractivity (Wildman–Crippen MR) is 119 cm³/mol. The minimum Gasteiger partial charge on any atom is -0.488 e. The van der Waals surface area contributed by atoms with E-state index < -0.39 is 5.41 Å². The number of rotatable bonds is 3. The summed E-state index contributed by atoms with van der Waals surface area (Å²) in [5, 5.41) is 0. The molecule has 4 heteroatoms. The van der Waals surface area contributed by atoms with Gasteiger partial charge in [0, 0.05) is 25.2 Å². The summed E-state index contributed by atoms with van der Waals surface area (Å²) in [5.74, 6) is 0.814. The van der Waals surface area contributed by atoms with Crippen LogP contribution in [0.4, 0.5) is 0 Å². The second kappa shape index (κ2) is 8.27. The number of aryl methyl sites for hydroxylation is 1. The third-order valence-electron chi connectivity index (χ3n) is 6.24. The van der Waals surface area contributed by atoms with Crippen molar-refractivity contribution in [2.45, 2.75) is 40.2 Å². The molecule has 1 fully saturated rings. The molecule has 0 aliphatic carbocycles. The van der Waals surface area contributed by atoms with Crippen molar-refractivity contribution < 1.29 is 14.3 Å². The number of methoxy groups -OCH3 is 1. The zero-order valence-electron chi connectivity index (χ0n) is 18.5. The number of para-hydroxylation sites is 1. The zero-order chi connectivity index (χ0) is 21.3. The summed E-state index contributed by atoms with van der Waals surface area (Å²) in [7, 11) is 1.47. The standard InChI is InChI=1S/C26H31NO3/c1-18-9-10-21-20(15-18)16-30-23-8-6-5-7-22(23)24(21)19-11-13-27(14-12-19)17-26(2,3)25(28)29-4/h5-10,15H,11-14,16-17H2,1-4H3. The van der Waals surface area contributed by atoms with Crippen molar-refractivity contribution >= 4 is 11.5 Å². The third kappa shape index (κ3) is 4.01. The Labute approximate surface area is 179 Å². The van der Waals surface area contributed by atoms with Gasteiger partial charge in [-0.15, -0.1) is 0 Å². The fraction of sp³-hybridized carbons (Fsp3) is 0.423. The van der Waals surface area contributed by atoms with Crippen LogP contribution in [0.1, 0.15) is 48.9 Å². The number of nitrogens with zero attached hydrogens (tertiary/aromatic N) is 1. The lowest BCUT2D eigenvalue weighted by Gasteiger charge is -2.35. The lowest BCUT2D eigenvalue weighted by Crippen LogP contribution is -2.42. The van der Waals surface area contributed by atoms with Gasteiger partial charge in [0.1, 0.15) is 12.4 Å². The molecule has 0 spiro atoms. The van der Waals surface area contributed by atoms with Crippen LogP contribution in [-0.4, -0.2) is 37.6 Å². The molecule has 0 unspecified atom stereocenters. The fourth-order valence-electron chi connectivity index (χ4n) is 4.70. The second-order valence-electron chi connectivity index (χ2n) is 9.08. The van der Waals surface area contributed by atoms with Gasteiger partial charge >= 0.3 is 5.97 Å². The lowest BCUT2D eigenvalue weighted by atomic mass is 9.85. The van der Waals surface area contributed by atoms with E-state index in [1.165, 1.54) is 40.5 Å². The minimum absolute atomic E-state index is 0.147. The van der Waals surface area contributed by atoms with Crippen LogP contribution in [0.2, 0.25) is 0 Å². The Morgan fingerprint density at radius 1 is 1.10 bits per heavy atom. The van der Waals surface area contributed by atoms with Crippen molar-refractivity contribution in [1.82, 2.24) is 4.90 Å². The quantitative estimate of drug-likeness (QED) is 0.675. The van der Waals surface area contributed by atoms with Gasteiger partial charge in [-0.1, -0.05) is 47.5 Å². The number of carbonyl (C=O) groups excluding carboxylic acids is 1. The molecule has 4 rings (SSSR count). The van der Waals surface area contributed by atoms with Crippen LogP contribution < -0.4 is 4.74 Å². The number of carbonyl (C=O) groups is 1. The number of hydrogen-bond acceptors (Lipinski definition) is 4. The number of likely N-dealkylation sites (tertiary alicyclic amines) is 1. The predicted octanol–water partition coefficient (Wildman–Crippen LogP) is 4.98. The Morgan fingerprint density at radius 2 is 1.83 bits per heavy atom. The Balaban J connectivity index is 1.66. The van der Waals surface area contributed by atoms with E-state index in [1.807, 2.05) is 19.9 Å². The number of benzene rings is 2. The SMILES string of the molecule is COC(=O)C(C)(C)CN1CCC(=C2c3ccc(C)cc3COc3ccccc32)CC1. The van der Waals surface area contributed by atoms with Crippen molar-refractivity contribution in [2.75, 3.05) is 26.7 Å². The molecule has 0 aromatic heterocycles. The van der Waals surface area contributed by atoms with Gasteiger partial charge < -0.3 is 14.4 Å². The molecule has 2 aliphatic rings. The molecule has 158 valence electrons. The molecular formula is C26H31NO3. The normalized spacial score (nSPS) is 16.9. The summed E-state index contributed by atoms with van der Waals surface area (Å²) in [6.07, 6.45) is 1.99. The first-order valence-corrected chi connectivity index (χ1v) is 10.7. The van der Waals surface area contributed by atoms with E-state index in [0.717, 1.165) is 38.2 Å². The Bertz CT molecular complexity index is 980. The molecule has 2 aliphatic heterocycles. The van der Waals surface area contributed by atoms with Gasteiger partial charge in [0.25, 0.3) is 0 Å². The molecule has 0 N–H and O–H groups in total. The highest BCUT2D eigenvalue weighted by molar-refractivity contribution is 5.87. The molecule has 0 atom stereocenters. The average Bonchev–Trinajstić information content (AvgIpc) is 2.90. The number of hydrogen-bond donors (Lipinski definition) is 0. The van der Waals surface area contributed by atoms with Crippen LogP contribution in [0, 0.1) is 12.3 Å². The molecule has 0 radical (unpaired) electrons. The highest BCUT2D eigenvalue weighted by Crippen LogP contribution is 2.41. The van der Waals surface area contributed by atoms with E-state index >= 15 is 0 Å². The molecule has 0 saturated carbocycles. The average molecular weight is 406 g/mol. The molecule has 2 heterocycles. The maximum Gasteiger partial charge on any atom is 0.312 e. The highest BCUT2D eigenvalue weighted by atomic mass is 16.5. The van der Waals surface area contributed by atoms with E-state index in [2.05, 4.69) is 48.2 Å². The van der Waals surface area contributed by atoms with E-state index in [0.29, 0.717) is 6.61 Å². The van der Waals surface area contributed by atoms with E-state index in [1.54, 1.807) is 0 Å². The van der Waals surface area contributed by atoms with Crippen molar-refractivity contribution in [1.29, 1.82) is 0 Å². The first-order valence-electron chi connectivity index (χ1n) is 10.7. The number of piperidine rings is 1.